The van der Waals surface area contributed by atoms with Crippen LogP contribution in [0.5, 0.6) is 0 Å². The van der Waals surface area contributed by atoms with Crippen molar-refractivity contribution in [2.75, 3.05) is 46.3 Å². The maximum Gasteiger partial charge on any atom is 0.191 e. The van der Waals surface area contributed by atoms with Gasteiger partial charge < -0.3 is 15.5 Å². The van der Waals surface area contributed by atoms with Crippen LogP contribution in [0.25, 0.3) is 0 Å². The molecule has 1 aromatic rings. The standard InChI is InChI=1S/C22H36ClN5.HI/c1-4-27(5-2)21(19-8-6-7-9-20(19)23)15-26-22(24-3)25-14-17-12-13-28(16-17)18-10-11-18;/h6-9,17-18,21H,4-5,10-16H2,1-3H3,(H2,24,25,26);1H. The van der Waals surface area contributed by atoms with Gasteiger partial charge in [-0.1, -0.05) is 43.6 Å². The van der Waals surface area contributed by atoms with Gasteiger partial charge in [0.15, 0.2) is 5.96 Å². The third-order valence-electron chi connectivity index (χ3n) is 6.14. The van der Waals surface area contributed by atoms with Crippen molar-refractivity contribution in [3.05, 3.63) is 34.9 Å². The lowest BCUT2D eigenvalue weighted by molar-refractivity contribution is 0.219. The van der Waals surface area contributed by atoms with Gasteiger partial charge in [-0.25, -0.2) is 0 Å². The van der Waals surface area contributed by atoms with E-state index in [1.165, 1.54) is 37.9 Å². The monoisotopic (exact) mass is 533 g/mol. The zero-order valence-electron chi connectivity index (χ0n) is 18.0. The molecule has 1 heterocycles. The Morgan fingerprint density at radius 3 is 2.55 bits per heavy atom. The summed E-state index contributed by atoms with van der Waals surface area (Å²) in [6.07, 6.45) is 4.10. The van der Waals surface area contributed by atoms with Gasteiger partial charge in [0.05, 0.1) is 6.04 Å². The minimum atomic E-state index is 0. The molecule has 5 nitrogen and oxygen atoms in total. The summed E-state index contributed by atoms with van der Waals surface area (Å²) < 4.78 is 0. The fourth-order valence-electron chi connectivity index (χ4n) is 4.30. The highest BCUT2D eigenvalue weighted by molar-refractivity contribution is 14.0. The van der Waals surface area contributed by atoms with Crippen LogP contribution >= 0.6 is 35.6 Å². The Bertz CT molecular complexity index is 648. The fourth-order valence-corrected chi connectivity index (χ4v) is 4.56. The zero-order valence-corrected chi connectivity index (χ0v) is 21.1. The molecule has 0 radical (unpaired) electrons. The lowest BCUT2D eigenvalue weighted by Crippen LogP contribution is -2.44. The average molecular weight is 534 g/mol. The van der Waals surface area contributed by atoms with Crippen LogP contribution in [0.15, 0.2) is 29.3 Å². The number of aliphatic imine (C=N–C) groups is 1. The van der Waals surface area contributed by atoms with Crippen LogP contribution in [0, 0.1) is 5.92 Å². The predicted octanol–water partition coefficient (Wildman–Crippen LogP) is 3.99. The van der Waals surface area contributed by atoms with Crippen LogP contribution in [0.4, 0.5) is 0 Å². The number of likely N-dealkylation sites (tertiary alicyclic amines) is 1. The summed E-state index contributed by atoms with van der Waals surface area (Å²) in [6, 6.07) is 9.27. The van der Waals surface area contributed by atoms with E-state index >= 15 is 0 Å². The molecule has 1 aliphatic heterocycles. The molecule has 1 saturated heterocycles. The molecule has 0 aromatic heterocycles. The first-order valence-corrected chi connectivity index (χ1v) is 11.2. The molecule has 2 aliphatic rings. The highest BCUT2D eigenvalue weighted by atomic mass is 127. The minimum absolute atomic E-state index is 0. The maximum absolute atomic E-state index is 6.51. The van der Waals surface area contributed by atoms with Gasteiger partial charge in [0.1, 0.15) is 0 Å². The zero-order chi connectivity index (χ0) is 19.9. The number of rotatable bonds is 9. The van der Waals surface area contributed by atoms with Crippen molar-refractivity contribution in [1.82, 2.24) is 20.4 Å². The SMILES string of the molecule is CCN(CC)C(CNC(=NC)NCC1CCN(C2CC2)C1)c1ccccc1Cl.I. The van der Waals surface area contributed by atoms with Crippen molar-refractivity contribution in [2.24, 2.45) is 10.9 Å². The first kappa shape index (κ1) is 24.7. The number of likely N-dealkylation sites (N-methyl/N-ethyl adjacent to an activating group) is 1. The topological polar surface area (TPSA) is 42.9 Å². The van der Waals surface area contributed by atoms with Crippen molar-refractivity contribution >= 4 is 41.5 Å². The van der Waals surface area contributed by atoms with E-state index in [2.05, 4.69) is 51.4 Å². The molecule has 164 valence electrons. The van der Waals surface area contributed by atoms with Gasteiger partial charge in [-0.15, -0.1) is 24.0 Å². The van der Waals surface area contributed by atoms with E-state index in [9.17, 15) is 0 Å². The summed E-state index contributed by atoms with van der Waals surface area (Å²) in [7, 11) is 1.85. The summed E-state index contributed by atoms with van der Waals surface area (Å²) >= 11 is 6.51. The number of nitrogens with one attached hydrogen (secondary N) is 2. The van der Waals surface area contributed by atoms with Crippen molar-refractivity contribution in [3.63, 3.8) is 0 Å². The van der Waals surface area contributed by atoms with Crippen molar-refractivity contribution < 1.29 is 0 Å². The number of halogens is 2. The molecule has 7 heteroatoms. The van der Waals surface area contributed by atoms with E-state index < -0.39 is 0 Å². The first-order valence-electron chi connectivity index (χ1n) is 10.8. The van der Waals surface area contributed by atoms with Crippen LogP contribution < -0.4 is 10.6 Å². The Morgan fingerprint density at radius 1 is 1.21 bits per heavy atom. The molecule has 29 heavy (non-hydrogen) atoms. The predicted molar refractivity (Wildman–Crippen MR) is 135 cm³/mol. The summed E-state index contributed by atoms with van der Waals surface area (Å²) in [6.45, 7) is 10.6. The van der Waals surface area contributed by atoms with Gasteiger partial charge in [-0.2, -0.15) is 0 Å². The van der Waals surface area contributed by atoms with E-state index in [0.29, 0.717) is 0 Å². The molecule has 0 amide bonds. The summed E-state index contributed by atoms with van der Waals surface area (Å²) in [5.41, 5.74) is 1.17. The van der Waals surface area contributed by atoms with Crippen LogP contribution in [0.3, 0.4) is 0 Å². The van der Waals surface area contributed by atoms with Gasteiger partial charge in [0, 0.05) is 37.7 Å². The van der Waals surface area contributed by atoms with E-state index in [0.717, 1.165) is 49.1 Å². The average Bonchev–Trinajstić information content (AvgIpc) is 3.46. The highest BCUT2D eigenvalue weighted by Gasteiger charge is 2.34. The molecule has 2 atom stereocenters. The number of nitrogens with zero attached hydrogens (tertiary/aromatic N) is 3. The van der Waals surface area contributed by atoms with Crippen LogP contribution in [-0.4, -0.2) is 68.1 Å². The second kappa shape index (κ2) is 12.3. The Morgan fingerprint density at radius 2 is 1.93 bits per heavy atom. The Balaban J connectivity index is 0.00000300. The largest absolute Gasteiger partial charge is 0.356 e. The van der Waals surface area contributed by atoms with E-state index in [-0.39, 0.29) is 30.0 Å². The number of hydrogen-bond acceptors (Lipinski definition) is 3. The quantitative estimate of drug-likeness (QED) is 0.286. The van der Waals surface area contributed by atoms with Crippen LogP contribution in [0.1, 0.15) is 44.7 Å². The minimum Gasteiger partial charge on any atom is -0.356 e. The summed E-state index contributed by atoms with van der Waals surface area (Å²) in [5, 5.41) is 7.92. The van der Waals surface area contributed by atoms with Crippen molar-refractivity contribution in [2.45, 2.75) is 45.2 Å². The van der Waals surface area contributed by atoms with Gasteiger partial charge in [-0.05, 0) is 56.4 Å². The third kappa shape index (κ3) is 6.97. The summed E-state index contributed by atoms with van der Waals surface area (Å²) in [4.78, 5) is 9.54. The normalized spacial score (nSPS) is 21.1. The first-order chi connectivity index (χ1) is 13.7. The molecular weight excluding hydrogens is 497 g/mol. The number of guanidine groups is 1. The molecule has 2 fully saturated rings. The third-order valence-corrected chi connectivity index (χ3v) is 6.49. The van der Waals surface area contributed by atoms with Gasteiger partial charge in [0.25, 0.3) is 0 Å². The second-order valence-electron chi connectivity index (χ2n) is 7.97. The molecule has 2 N–H and O–H groups in total. The van der Waals surface area contributed by atoms with Gasteiger partial charge in [0.2, 0.25) is 0 Å². The van der Waals surface area contributed by atoms with Crippen molar-refractivity contribution in [1.29, 1.82) is 0 Å². The summed E-state index contributed by atoms with van der Waals surface area (Å²) in [5.74, 6) is 1.61. The number of benzene rings is 1. The van der Waals surface area contributed by atoms with Crippen LogP contribution in [-0.2, 0) is 0 Å². The molecule has 0 bridgehead atoms. The highest BCUT2D eigenvalue weighted by Crippen LogP contribution is 2.31. The van der Waals surface area contributed by atoms with Gasteiger partial charge in [-0.3, -0.25) is 9.89 Å². The molecule has 3 rings (SSSR count). The van der Waals surface area contributed by atoms with Crippen LogP contribution in [0.2, 0.25) is 5.02 Å². The smallest absolute Gasteiger partial charge is 0.191 e. The molecule has 1 aromatic carbocycles. The Hall–Kier alpha value is -0.570. The van der Waals surface area contributed by atoms with E-state index in [1.807, 2.05) is 19.2 Å². The van der Waals surface area contributed by atoms with Gasteiger partial charge >= 0.3 is 0 Å². The molecule has 0 spiro atoms. The Labute approximate surface area is 198 Å². The second-order valence-corrected chi connectivity index (χ2v) is 8.38. The van der Waals surface area contributed by atoms with E-state index in [1.54, 1.807) is 0 Å². The fraction of sp³-hybridized carbons (Fsp3) is 0.682. The molecule has 1 saturated carbocycles. The molecular formula is C22H37ClIN5. The van der Waals surface area contributed by atoms with E-state index in [4.69, 9.17) is 11.6 Å². The lowest BCUT2D eigenvalue weighted by atomic mass is 10.0. The maximum atomic E-state index is 6.51. The Kier molecular flexibility index (Phi) is 10.5. The molecule has 1 aliphatic carbocycles. The lowest BCUT2D eigenvalue weighted by Gasteiger charge is -2.31. The number of hydrogen-bond donors (Lipinski definition) is 2. The molecule has 2 unspecified atom stereocenters. The van der Waals surface area contributed by atoms with Crippen molar-refractivity contribution in [3.8, 4) is 0 Å².